The minimum Gasteiger partial charge on any atom is -0.0622 e. The third kappa shape index (κ3) is 3.23. The van der Waals surface area contributed by atoms with Gasteiger partial charge in [-0.05, 0) is 78.4 Å². The molecule has 0 heteroatoms. The highest BCUT2D eigenvalue weighted by molar-refractivity contribution is 5.02. The van der Waals surface area contributed by atoms with Gasteiger partial charge in [0.2, 0.25) is 0 Å². The zero-order valence-electron chi connectivity index (χ0n) is 17.6. The van der Waals surface area contributed by atoms with Gasteiger partial charge in [0.05, 0.1) is 0 Å². The van der Waals surface area contributed by atoms with Gasteiger partial charge < -0.3 is 0 Å². The summed E-state index contributed by atoms with van der Waals surface area (Å²) in [4.78, 5) is 0. The fourth-order valence-electron chi connectivity index (χ4n) is 9.08. The van der Waals surface area contributed by atoms with E-state index in [0.29, 0.717) is 5.41 Å². The Morgan fingerprint density at radius 1 is 0.520 bits per heavy atom. The van der Waals surface area contributed by atoms with Crippen LogP contribution in [0, 0.1) is 52.8 Å². The van der Waals surface area contributed by atoms with Crippen molar-refractivity contribution in [3.63, 3.8) is 0 Å². The molecule has 0 amide bonds. The van der Waals surface area contributed by atoms with Crippen molar-refractivity contribution in [1.29, 1.82) is 0 Å². The molecule has 25 heavy (non-hydrogen) atoms. The smallest absolute Gasteiger partial charge is 0.0287 e. The maximum Gasteiger partial charge on any atom is -0.0287 e. The second-order valence-corrected chi connectivity index (χ2v) is 11.4. The molecule has 0 aromatic carbocycles. The highest BCUT2D eigenvalue weighted by Crippen LogP contribution is 2.61. The first-order chi connectivity index (χ1) is 12.0. The topological polar surface area (TPSA) is 0 Å². The summed E-state index contributed by atoms with van der Waals surface area (Å²) in [6, 6.07) is 0. The van der Waals surface area contributed by atoms with E-state index < -0.39 is 0 Å². The molecule has 0 spiro atoms. The summed E-state index contributed by atoms with van der Waals surface area (Å²) in [5.74, 6) is 8.20. The summed E-state index contributed by atoms with van der Waals surface area (Å²) in [6.45, 7) is 10.7. The summed E-state index contributed by atoms with van der Waals surface area (Å²) in [6.07, 6.45) is 18.4. The number of hydrogen-bond donors (Lipinski definition) is 0. The normalized spacial score (nSPS) is 48.5. The molecule has 4 aliphatic carbocycles. The first-order valence-electron chi connectivity index (χ1n) is 12.0. The highest BCUT2D eigenvalue weighted by atomic mass is 14.6. The van der Waals surface area contributed by atoms with Crippen LogP contribution in [-0.4, -0.2) is 0 Å². The van der Waals surface area contributed by atoms with Crippen molar-refractivity contribution in [3.05, 3.63) is 0 Å². The van der Waals surface area contributed by atoms with E-state index in [2.05, 4.69) is 27.7 Å². The molecule has 4 saturated carbocycles. The molecule has 0 N–H and O–H groups in total. The molecule has 0 saturated heterocycles. The van der Waals surface area contributed by atoms with E-state index in [-0.39, 0.29) is 0 Å². The minimum atomic E-state index is 0.556. The van der Waals surface area contributed by atoms with Crippen molar-refractivity contribution in [2.75, 3.05) is 0 Å². The maximum absolute atomic E-state index is 2.74. The molecule has 4 rings (SSSR count). The summed E-state index contributed by atoms with van der Waals surface area (Å²) in [5.41, 5.74) is 0.556. The largest absolute Gasteiger partial charge is 0.0622 e. The molecule has 144 valence electrons. The van der Waals surface area contributed by atoms with Crippen LogP contribution >= 0.6 is 0 Å². The Labute approximate surface area is 157 Å². The third-order valence-corrected chi connectivity index (χ3v) is 9.79. The zero-order valence-corrected chi connectivity index (χ0v) is 17.6. The van der Waals surface area contributed by atoms with Crippen molar-refractivity contribution < 1.29 is 0 Å². The molecule has 4 fully saturated rings. The Balaban J connectivity index is 1.63. The van der Waals surface area contributed by atoms with Gasteiger partial charge in [-0.1, -0.05) is 79.1 Å². The maximum atomic E-state index is 2.74. The second kappa shape index (κ2) is 7.20. The quantitative estimate of drug-likeness (QED) is 0.481. The van der Waals surface area contributed by atoms with Crippen LogP contribution < -0.4 is 0 Å². The van der Waals surface area contributed by atoms with Gasteiger partial charge >= 0.3 is 0 Å². The molecule has 0 bridgehead atoms. The molecule has 0 aliphatic heterocycles. The predicted molar refractivity (Wildman–Crippen MR) is 108 cm³/mol. The standard InChI is InChI=1S/C25H44/c1-17-13-15-19-9-5-7-11-21(19)23(17)25(3,4)24-18(2)14-16-20-10-6-8-12-22(20)24/h17-24H,5-16H2,1-4H3. The lowest BCUT2D eigenvalue weighted by Gasteiger charge is -2.59. The first kappa shape index (κ1) is 18.4. The van der Waals surface area contributed by atoms with E-state index in [4.69, 9.17) is 0 Å². The average Bonchev–Trinajstić information content (AvgIpc) is 2.61. The first-order valence-corrected chi connectivity index (χ1v) is 12.0. The Morgan fingerprint density at radius 2 is 0.920 bits per heavy atom. The summed E-state index contributed by atoms with van der Waals surface area (Å²) < 4.78 is 0. The van der Waals surface area contributed by atoms with Crippen LogP contribution in [0.3, 0.4) is 0 Å². The minimum absolute atomic E-state index is 0.556. The molecule has 4 aliphatic rings. The summed E-state index contributed by atoms with van der Waals surface area (Å²) >= 11 is 0. The van der Waals surface area contributed by atoms with E-state index in [9.17, 15) is 0 Å². The number of rotatable bonds is 2. The lowest BCUT2D eigenvalue weighted by molar-refractivity contribution is -0.102. The Bertz CT molecular complexity index is 409. The molecule has 0 radical (unpaired) electrons. The SMILES string of the molecule is CC1CCC2CCCCC2C1C(C)(C)C1C(C)CCC2CCCCC21. The zero-order chi connectivity index (χ0) is 17.6. The van der Waals surface area contributed by atoms with Gasteiger partial charge in [-0.3, -0.25) is 0 Å². The highest BCUT2D eigenvalue weighted by Gasteiger charge is 2.53. The van der Waals surface area contributed by atoms with E-state index in [0.717, 1.165) is 47.3 Å². The molecule has 0 nitrogen and oxygen atoms in total. The van der Waals surface area contributed by atoms with Crippen molar-refractivity contribution in [1.82, 2.24) is 0 Å². The van der Waals surface area contributed by atoms with E-state index in [1.54, 1.807) is 38.5 Å². The number of fused-ring (bicyclic) bond motifs is 2. The van der Waals surface area contributed by atoms with Crippen LogP contribution in [-0.2, 0) is 0 Å². The van der Waals surface area contributed by atoms with Crippen LogP contribution in [0.25, 0.3) is 0 Å². The fraction of sp³-hybridized carbons (Fsp3) is 1.00. The van der Waals surface area contributed by atoms with E-state index in [1.807, 2.05) is 0 Å². The van der Waals surface area contributed by atoms with Gasteiger partial charge in [-0.15, -0.1) is 0 Å². The van der Waals surface area contributed by atoms with Crippen LogP contribution in [0.1, 0.15) is 105 Å². The van der Waals surface area contributed by atoms with Crippen molar-refractivity contribution in [3.8, 4) is 0 Å². The number of hydrogen-bond acceptors (Lipinski definition) is 0. The Kier molecular flexibility index (Phi) is 5.29. The van der Waals surface area contributed by atoms with Gasteiger partial charge in [-0.2, -0.15) is 0 Å². The van der Waals surface area contributed by atoms with Gasteiger partial charge in [0.15, 0.2) is 0 Å². The monoisotopic (exact) mass is 344 g/mol. The van der Waals surface area contributed by atoms with Gasteiger partial charge in [0.1, 0.15) is 0 Å². The van der Waals surface area contributed by atoms with Crippen molar-refractivity contribution >= 4 is 0 Å². The van der Waals surface area contributed by atoms with Gasteiger partial charge in [0, 0.05) is 0 Å². The van der Waals surface area contributed by atoms with Gasteiger partial charge in [-0.25, -0.2) is 0 Å². The Morgan fingerprint density at radius 3 is 1.36 bits per heavy atom. The lowest BCUT2D eigenvalue weighted by atomic mass is 9.46. The molecule has 0 heterocycles. The molecular weight excluding hydrogens is 300 g/mol. The lowest BCUT2D eigenvalue weighted by Crippen LogP contribution is -2.52. The molecule has 0 aromatic rings. The van der Waals surface area contributed by atoms with E-state index in [1.165, 1.54) is 38.5 Å². The second-order valence-electron chi connectivity index (χ2n) is 11.4. The van der Waals surface area contributed by atoms with Gasteiger partial charge in [0.25, 0.3) is 0 Å². The van der Waals surface area contributed by atoms with Crippen LogP contribution in [0.5, 0.6) is 0 Å². The van der Waals surface area contributed by atoms with Crippen molar-refractivity contribution in [2.45, 2.75) is 105 Å². The Hall–Kier alpha value is 0. The van der Waals surface area contributed by atoms with E-state index >= 15 is 0 Å². The van der Waals surface area contributed by atoms with Crippen LogP contribution in [0.2, 0.25) is 0 Å². The summed E-state index contributed by atoms with van der Waals surface area (Å²) in [7, 11) is 0. The van der Waals surface area contributed by atoms with Crippen molar-refractivity contribution in [2.24, 2.45) is 52.8 Å². The molecule has 0 aromatic heterocycles. The average molecular weight is 345 g/mol. The summed E-state index contributed by atoms with van der Waals surface area (Å²) in [5, 5.41) is 0. The van der Waals surface area contributed by atoms with Crippen LogP contribution in [0.15, 0.2) is 0 Å². The fourth-order valence-corrected chi connectivity index (χ4v) is 9.08. The molecule has 8 atom stereocenters. The molecular formula is C25H44. The molecule has 8 unspecified atom stereocenters. The predicted octanol–water partition coefficient (Wildman–Crippen LogP) is 7.72. The van der Waals surface area contributed by atoms with Crippen LogP contribution in [0.4, 0.5) is 0 Å². The third-order valence-electron chi connectivity index (χ3n) is 9.79.